The van der Waals surface area contributed by atoms with E-state index in [-0.39, 0.29) is 30.7 Å². The molecule has 6 heteroatoms. The van der Waals surface area contributed by atoms with E-state index in [1.54, 1.807) is 0 Å². The van der Waals surface area contributed by atoms with Gasteiger partial charge in [0.1, 0.15) is 5.82 Å². The van der Waals surface area contributed by atoms with Crippen molar-refractivity contribution in [2.75, 3.05) is 0 Å². The second-order valence-electron chi connectivity index (χ2n) is 2.48. The maximum Gasteiger partial charge on any atom is 0.186 e. The Morgan fingerprint density at radius 3 is 2.64 bits per heavy atom. The number of guanidine groups is 1. The first-order chi connectivity index (χ1) is 6.09. The quantitative estimate of drug-likeness (QED) is 0.608. The highest BCUT2D eigenvalue weighted by molar-refractivity contribution is 6.30. The molecule has 0 fully saturated rings. The Hall–Kier alpha value is -1.00. The van der Waals surface area contributed by atoms with Crippen molar-refractivity contribution in [1.29, 1.82) is 0 Å². The largest absolute Gasteiger partial charge is 0.370 e. The minimum Gasteiger partial charge on any atom is -0.370 e. The molecule has 0 unspecified atom stereocenters. The molecule has 0 amide bonds. The highest BCUT2D eigenvalue weighted by atomic mass is 35.5. The maximum atomic E-state index is 13.0. The van der Waals surface area contributed by atoms with Crippen LogP contribution >= 0.6 is 24.0 Å². The second-order valence-corrected chi connectivity index (χ2v) is 2.91. The molecule has 0 aliphatic carbocycles. The van der Waals surface area contributed by atoms with Gasteiger partial charge in [-0.3, -0.25) is 0 Å². The normalized spacial score (nSPS) is 9.00. The first-order valence-electron chi connectivity index (χ1n) is 3.59. The number of hydrogen-bond acceptors (Lipinski definition) is 1. The zero-order chi connectivity index (χ0) is 9.84. The summed E-state index contributed by atoms with van der Waals surface area (Å²) in [7, 11) is 0. The molecular weight excluding hydrogens is 228 g/mol. The van der Waals surface area contributed by atoms with Crippen LogP contribution < -0.4 is 11.5 Å². The van der Waals surface area contributed by atoms with Crippen LogP contribution in [-0.2, 0) is 6.54 Å². The predicted molar refractivity (Wildman–Crippen MR) is 58.2 cm³/mol. The summed E-state index contributed by atoms with van der Waals surface area (Å²) < 4.78 is 13.0. The molecule has 0 heterocycles. The van der Waals surface area contributed by atoms with Crippen LogP contribution in [0.25, 0.3) is 0 Å². The van der Waals surface area contributed by atoms with Crippen molar-refractivity contribution in [3.63, 3.8) is 0 Å². The molecular formula is C8H10Cl2FN3. The van der Waals surface area contributed by atoms with E-state index in [0.29, 0.717) is 10.6 Å². The predicted octanol–water partition coefficient (Wildman–Crippen LogP) is 1.67. The fraction of sp³-hybridized carbons (Fsp3) is 0.125. The molecule has 0 spiro atoms. The van der Waals surface area contributed by atoms with Crippen molar-refractivity contribution in [2.24, 2.45) is 16.5 Å². The number of halogens is 3. The van der Waals surface area contributed by atoms with Crippen LogP contribution in [0.15, 0.2) is 23.2 Å². The van der Waals surface area contributed by atoms with Gasteiger partial charge in [-0.05, 0) is 18.2 Å². The first-order valence-corrected chi connectivity index (χ1v) is 3.96. The van der Waals surface area contributed by atoms with Gasteiger partial charge >= 0.3 is 0 Å². The summed E-state index contributed by atoms with van der Waals surface area (Å²) in [6.45, 7) is 0.106. The van der Waals surface area contributed by atoms with Crippen LogP contribution in [0, 0.1) is 5.82 Å². The minimum absolute atomic E-state index is 0. The highest BCUT2D eigenvalue weighted by Crippen LogP contribution is 2.15. The van der Waals surface area contributed by atoms with E-state index in [4.69, 9.17) is 23.1 Å². The van der Waals surface area contributed by atoms with Crippen LogP contribution in [0.1, 0.15) is 5.56 Å². The number of rotatable bonds is 2. The van der Waals surface area contributed by atoms with E-state index in [1.165, 1.54) is 18.2 Å². The molecule has 1 rings (SSSR count). The molecule has 3 nitrogen and oxygen atoms in total. The van der Waals surface area contributed by atoms with Gasteiger partial charge in [0.05, 0.1) is 6.54 Å². The number of hydrogen-bond donors (Lipinski definition) is 2. The SMILES string of the molecule is Cl.NC(N)=NCc1cc(Cl)ccc1F. The van der Waals surface area contributed by atoms with Crippen molar-refractivity contribution in [3.05, 3.63) is 34.6 Å². The van der Waals surface area contributed by atoms with Crippen molar-refractivity contribution < 1.29 is 4.39 Å². The third kappa shape index (κ3) is 3.81. The van der Waals surface area contributed by atoms with Gasteiger partial charge < -0.3 is 11.5 Å². The summed E-state index contributed by atoms with van der Waals surface area (Å²) in [5, 5.41) is 0.460. The summed E-state index contributed by atoms with van der Waals surface area (Å²) >= 11 is 5.65. The summed E-state index contributed by atoms with van der Waals surface area (Å²) in [6, 6.07) is 4.24. The number of benzene rings is 1. The van der Waals surface area contributed by atoms with Crippen molar-refractivity contribution in [1.82, 2.24) is 0 Å². The number of nitrogens with two attached hydrogens (primary N) is 2. The van der Waals surface area contributed by atoms with E-state index in [9.17, 15) is 4.39 Å². The molecule has 0 aliphatic rings. The summed E-state index contributed by atoms with van der Waals surface area (Å²) in [5.41, 5.74) is 10.6. The Bertz CT molecular complexity index is 337. The zero-order valence-corrected chi connectivity index (χ0v) is 8.78. The number of nitrogens with zero attached hydrogens (tertiary/aromatic N) is 1. The van der Waals surface area contributed by atoms with Crippen LogP contribution in [0.3, 0.4) is 0 Å². The van der Waals surface area contributed by atoms with E-state index in [2.05, 4.69) is 4.99 Å². The third-order valence-corrected chi connectivity index (χ3v) is 1.67. The Morgan fingerprint density at radius 1 is 1.43 bits per heavy atom. The first kappa shape index (κ1) is 13.0. The maximum absolute atomic E-state index is 13.0. The molecule has 1 aromatic rings. The van der Waals surface area contributed by atoms with Gasteiger partial charge in [-0.1, -0.05) is 11.6 Å². The van der Waals surface area contributed by atoms with Crippen molar-refractivity contribution in [3.8, 4) is 0 Å². The molecule has 0 saturated heterocycles. The molecule has 0 atom stereocenters. The fourth-order valence-corrected chi connectivity index (χ4v) is 1.04. The zero-order valence-electron chi connectivity index (χ0n) is 7.21. The lowest BCUT2D eigenvalue weighted by Crippen LogP contribution is -2.22. The van der Waals surface area contributed by atoms with Crippen LogP contribution in [0.2, 0.25) is 5.02 Å². The Balaban J connectivity index is 0.00000169. The third-order valence-electron chi connectivity index (χ3n) is 1.44. The average molecular weight is 238 g/mol. The topological polar surface area (TPSA) is 64.4 Å². The fourth-order valence-electron chi connectivity index (χ4n) is 0.841. The van der Waals surface area contributed by atoms with Gasteiger partial charge in [-0.2, -0.15) is 0 Å². The van der Waals surface area contributed by atoms with Gasteiger partial charge in [0.15, 0.2) is 5.96 Å². The van der Waals surface area contributed by atoms with Gasteiger partial charge in [-0.15, -0.1) is 12.4 Å². The monoisotopic (exact) mass is 237 g/mol. The molecule has 1 aromatic carbocycles. The highest BCUT2D eigenvalue weighted by Gasteiger charge is 2.01. The van der Waals surface area contributed by atoms with Crippen LogP contribution in [0.5, 0.6) is 0 Å². The van der Waals surface area contributed by atoms with E-state index in [0.717, 1.165) is 0 Å². The molecule has 0 aliphatic heterocycles. The molecule has 0 radical (unpaired) electrons. The van der Waals surface area contributed by atoms with Crippen LogP contribution in [0.4, 0.5) is 4.39 Å². The molecule has 4 N–H and O–H groups in total. The van der Waals surface area contributed by atoms with Crippen molar-refractivity contribution >= 4 is 30.0 Å². The van der Waals surface area contributed by atoms with Crippen molar-refractivity contribution in [2.45, 2.75) is 6.54 Å². The van der Waals surface area contributed by atoms with Gasteiger partial charge in [0.25, 0.3) is 0 Å². The molecule has 0 aromatic heterocycles. The van der Waals surface area contributed by atoms with Gasteiger partial charge in [0, 0.05) is 10.6 Å². The Kier molecular flexibility index (Phi) is 5.27. The van der Waals surface area contributed by atoms with Gasteiger partial charge in [-0.25, -0.2) is 9.38 Å². The molecule has 0 bridgehead atoms. The molecule has 0 saturated carbocycles. The lowest BCUT2D eigenvalue weighted by molar-refractivity contribution is 0.611. The van der Waals surface area contributed by atoms with E-state index < -0.39 is 0 Å². The smallest absolute Gasteiger partial charge is 0.186 e. The van der Waals surface area contributed by atoms with E-state index in [1.807, 2.05) is 0 Å². The summed E-state index contributed by atoms with van der Waals surface area (Å²) in [5.74, 6) is -0.436. The molecule has 78 valence electrons. The van der Waals surface area contributed by atoms with E-state index >= 15 is 0 Å². The standard InChI is InChI=1S/C8H9ClFN3.ClH/c9-6-1-2-7(10)5(3-6)4-13-8(11)12;/h1-3H,4H2,(H4,11,12,13);1H. The average Bonchev–Trinajstić information content (AvgIpc) is 2.06. The lowest BCUT2D eigenvalue weighted by atomic mass is 10.2. The summed E-state index contributed by atoms with van der Waals surface area (Å²) in [6.07, 6.45) is 0. The lowest BCUT2D eigenvalue weighted by Gasteiger charge is -1.99. The van der Waals surface area contributed by atoms with Gasteiger partial charge in [0.2, 0.25) is 0 Å². The number of aliphatic imine (C=N–C) groups is 1. The Labute approximate surface area is 92.4 Å². The second kappa shape index (κ2) is 5.67. The Morgan fingerprint density at radius 2 is 2.07 bits per heavy atom. The minimum atomic E-state index is -0.366. The van der Waals surface area contributed by atoms with Crippen LogP contribution in [-0.4, -0.2) is 5.96 Å². The molecule has 14 heavy (non-hydrogen) atoms. The summed E-state index contributed by atoms with van der Waals surface area (Å²) in [4.78, 5) is 3.67.